The van der Waals surface area contributed by atoms with E-state index in [1.165, 1.54) is 12.1 Å². The van der Waals surface area contributed by atoms with E-state index in [0.29, 0.717) is 17.0 Å². The lowest BCUT2D eigenvalue weighted by atomic mass is 10.2. The number of nitrogens with two attached hydrogens (primary N) is 1. The maximum Gasteiger partial charge on any atom is 0.319 e. The Morgan fingerprint density at radius 3 is 2.56 bits per heavy atom. The number of aromatic amines is 1. The zero-order valence-corrected chi connectivity index (χ0v) is 16.3. The highest BCUT2D eigenvalue weighted by molar-refractivity contribution is 8.00. The average molecular weight is 411 g/mol. The molecule has 1 aromatic carbocycles. The van der Waals surface area contributed by atoms with Crippen LogP contribution in [0.2, 0.25) is 5.02 Å². The Morgan fingerprint density at radius 1 is 1.33 bits per heavy atom. The van der Waals surface area contributed by atoms with Crippen LogP contribution in [-0.2, 0) is 9.53 Å². The number of anilines is 2. The quantitative estimate of drug-likeness (QED) is 0.363. The predicted octanol–water partition coefficient (Wildman–Crippen LogP) is 2.69. The van der Waals surface area contributed by atoms with Crippen molar-refractivity contribution in [1.29, 1.82) is 0 Å². The van der Waals surface area contributed by atoms with Crippen molar-refractivity contribution in [2.75, 3.05) is 17.7 Å². The van der Waals surface area contributed by atoms with Gasteiger partial charge >= 0.3 is 5.97 Å². The van der Waals surface area contributed by atoms with Gasteiger partial charge in [-0.3, -0.25) is 19.4 Å². The number of aromatic nitrogens is 2. The monoisotopic (exact) mass is 410 g/mol. The van der Waals surface area contributed by atoms with Crippen LogP contribution in [0, 0.1) is 0 Å². The van der Waals surface area contributed by atoms with Gasteiger partial charge in [0.05, 0.1) is 6.61 Å². The number of nitrogen functional groups attached to an aromatic ring is 1. The number of nitrogens with one attached hydrogen (secondary N) is 2. The molecule has 0 spiro atoms. The number of esters is 1. The van der Waals surface area contributed by atoms with Gasteiger partial charge in [0.2, 0.25) is 0 Å². The topological polar surface area (TPSA) is 127 Å². The molecule has 0 aliphatic heterocycles. The molecular weight excluding hydrogens is 392 g/mol. The van der Waals surface area contributed by atoms with E-state index in [2.05, 4.69) is 15.3 Å². The molecular formula is C17H19ClN4O4S. The number of rotatable bonds is 7. The first-order valence-electron chi connectivity index (χ1n) is 8.15. The molecule has 144 valence electrons. The van der Waals surface area contributed by atoms with Crippen LogP contribution in [0.5, 0.6) is 0 Å². The van der Waals surface area contributed by atoms with E-state index in [1.807, 2.05) is 6.92 Å². The Hall–Kier alpha value is -2.52. The predicted molar refractivity (Wildman–Crippen MR) is 105 cm³/mol. The number of thioether (sulfide) groups is 1. The smallest absolute Gasteiger partial charge is 0.319 e. The minimum Gasteiger partial charge on any atom is -0.465 e. The van der Waals surface area contributed by atoms with Gasteiger partial charge in [-0.1, -0.05) is 30.3 Å². The molecule has 1 heterocycles. The number of hydrogen-bond donors (Lipinski definition) is 3. The Balaban J connectivity index is 2.18. The van der Waals surface area contributed by atoms with Crippen molar-refractivity contribution in [1.82, 2.24) is 9.97 Å². The lowest BCUT2D eigenvalue weighted by Gasteiger charge is -2.13. The maximum atomic E-state index is 12.3. The van der Waals surface area contributed by atoms with Gasteiger partial charge in [-0.25, -0.2) is 4.98 Å². The van der Waals surface area contributed by atoms with Crippen molar-refractivity contribution >= 4 is 46.7 Å². The van der Waals surface area contributed by atoms with E-state index in [4.69, 9.17) is 22.1 Å². The molecule has 27 heavy (non-hydrogen) atoms. The van der Waals surface area contributed by atoms with Gasteiger partial charge < -0.3 is 15.8 Å². The number of carbonyl (C=O) groups excluding carboxylic acids is 2. The fourth-order valence-electron chi connectivity index (χ4n) is 2.10. The van der Waals surface area contributed by atoms with Crippen LogP contribution >= 0.6 is 23.4 Å². The van der Waals surface area contributed by atoms with E-state index in [9.17, 15) is 14.4 Å². The molecule has 0 fully saturated rings. The van der Waals surface area contributed by atoms with Crippen LogP contribution in [0.3, 0.4) is 0 Å². The van der Waals surface area contributed by atoms with Crippen molar-refractivity contribution in [2.24, 2.45) is 0 Å². The second-order valence-corrected chi connectivity index (χ2v) is 6.99. The summed E-state index contributed by atoms with van der Waals surface area (Å²) in [6.07, 6.45) is 0.488. The van der Waals surface area contributed by atoms with E-state index < -0.39 is 22.7 Å². The standard InChI is InChI=1S/C17H19ClN4O4S/c1-3-11(16(25)26-4-2)27-17-21-13(19)12(15(24)22-17)20-14(23)9-5-7-10(18)8-6-9/h5-8,11H,3-4H2,1-2H3,(H,20,23)(H3,19,21,22,24)/t11-/m1/s1. The number of benzene rings is 1. The third-order valence-electron chi connectivity index (χ3n) is 3.44. The molecule has 8 nitrogen and oxygen atoms in total. The molecule has 0 unspecified atom stereocenters. The van der Waals surface area contributed by atoms with Crippen LogP contribution in [0.25, 0.3) is 0 Å². The zero-order chi connectivity index (χ0) is 20.0. The fraction of sp³-hybridized carbons (Fsp3) is 0.294. The normalized spacial score (nSPS) is 11.7. The Bertz CT molecular complexity index is 885. The zero-order valence-electron chi connectivity index (χ0n) is 14.7. The van der Waals surface area contributed by atoms with E-state index >= 15 is 0 Å². The minimum atomic E-state index is -0.619. The largest absolute Gasteiger partial charge is 0.465 e. The Morgan fingerprint density at radius 2 is 2.00 bits per heavy atom. The molecule has 2 aromatic rings. The number of carbonyl (C=O) groups is 2. The van der Waals surface area contributed by atoms with Crippen LogP contribution in [-0.4, -0.2) is 33.7 Å². The van der Waals surface area contributed by atoms with Crippen LogP contribution in [0.15, 0.2) is 34.2 Å². The van der Waals surface area contributed by atoms with Crippen molar-refractivity contribution in [2.45, 2.75) is 30.7 Å². The van der Waals surface area contributed by atoms with Gasteiger partial charge in [-0.2, -0.15) is 0 Å². The van der Waals surface area contributed by atoms with Gasteiger partial charge in [0.1, 0.15) is 10.9 Å². The molecule has 0 aliphatic carbocycles. The van der Waals surface area contributed by atoms with Crippen LogP contribution in [0.4, 0.5) is 11.5 Å². The first-order valence-corrected chi connectivity index (χ1v) is 9.41. The average Bonchev–Trinajstić information content (AvgIpc) is 2.63. The summed E-state index contributed by atoms with van der Waals surface area (Å²) < 4.78 is 4.98. The Labute approximate surface area is 164 Å². The third-order valence-corrected chi connectivity index (χ3v) is 4.92. The number of nitrogens with zero attached hydrogens (tertiary/aromatic N) is 1. The molecule has 0 aliphatic rings. The second kappa shape index (κ2) is 9.43. The fourth-order valence-corrected chi connectivity index (χ4v) is 3.13. The molecule has 0 saturated heterocycles. The minimum absolute atomic E-state index is 0.151. The van der Waals surface area contributed by atoms with E-state index in [0.717, 1.165) is 11.8 Å². The number of H-pyrrole nitrogens is 1. The summed E-state index contributed by atoms with van der Waals surface area (Å²) >= 11 is 6.83. The Kier molecular flexibility index (Phi) is 7.26. The third kappa shape index (κ3) is 5.48. The van der Waals surface area contributed by atoms with Gasteiger partial charge in [0.25, 0.3) is 11.5 Å². The molecule has 10 heteroatoms. The summed E-state index contributed by atoms with van der Waals surface area (Å²) in [7, 11) is 0. The molecule has 0 bridgehead atoms. The van der Waals surface area contributed by atoms with Crippen molar-refractivity contribution in [3.05, 3.63) is 45.2 Å². The molecule has 0 saturated carbocycles. The highest BCUT2D eigenvalue weighted by atomic mass is 35.5. The van der Waals surface area contributed by atoms with Gasteiger partial charge in [0, 0.05) is 10.6 Å². The molecule has 1 amide bonds. The molecule has 1 aromatic heterocycles. The van der Waals surface area contributed by atoms with Crippen molar-refractivity contribution < 1.29 is 14.3 Å². The molecule has 4 N–H and O–H groups in total. The molecule has 2 rings (SSSR count). The van der Waals surface area contributed by atoms with Crippen molar-refractivity contribution in [3.8, 4) is 0 Å². The van der Waals surface area contributed by atoms with E-state index in [1.54, 1.807) is 19.1 Å². The molecule has 0 radical (unpaired) electrons. The first kappa shape index (κ1) is 20.8. The first-order chi connectivity index (χ1) is 12.8. The summed E-state index contributed by atoms with van der Waals surface area (Å²) in [5.74, 6) is -1.07. The second-order valence-electron chi connectivity index (χ2n) is 5.36. The van der Waals surface area contributed by atoms with E-state index in [-0.39, 0.29) is 23.3 Å². The number of hydrogen-bond acceptors (Lipinski definition) is 7. The van der Waals surface area contributed by atoms with Gasteiger partial charge in [0.15, 0.2) is 11.0 Å². The van der Waals surface area contributed by atoms with Crippen molar-refractivity contribution in [3.63, 3.8) is 0 Å². The van der Waals surface area contributed by atoms with Gasteiger partial charge in [-0.15, -0.1) is 0 Å². The SMILES string of the molecule is CCOC(=O)[C@@H](CC)Sc1nc(N)c(NC(=O)c2ccc(Cl)cc2)c(=O)[nH]1. The summed E-state index contributed by atoms with van der Waals surface area (Å²) in [6, 6.07) is 6.15. The number of ether oxygens (including phenoxy) is 1. The number of halogens is 1. The summed E-state index contributed by atoms with van der Waals surface area (Å²) in [6.45, 7) is 3.79. The lowest BCUT2D eigenvalue weighted by molar-refractivity contribution is -0.142. The number of amides is 1. The summed E-state index contributed by atoms with van der Waals surface area (Å²) in [4.78, 5) is 43.0. The van der Waals surface area contributed by atoms with Crippen LogP contribution in [0.1, 0.15) is 30.6 Å². The summed E-state index contributed by atoms with van der Waals surface area (Å²) in [5.41, 5.74) is 5.36. The highest BCUT2D eigenvalue weighted by Crippen LogP contribution is 2.24. The lowest BCUT2D eigenvalue weighted by Crippen LogP contribution is -2.24. The van der Waals surface area contributed by atoms with Crippen LogP contribution < -0.4 is 16.6 Å². The maximum absolute atomic E-state index is 12.3. The highest BCUT2D eigenvalue weighted by Gasteiger charge is 2.22. The van der Waals surface area contributed by atoms with Gasteiger partial charge in [-0.05, 0) is 37.6 Å². The summed E-state index contributed by atoms with van der Waals surface area (Å²) in [5, 5.41) is 2.57. The molecule has 1 atom stereocenters.